The van der Waals surface area contributed by atoms with E-state index >= 15 is 0 Å². The van der Waals surface area contributed by atoms with Crippen molar-refractivity contribution in [3.8, 4) is 17.4 Å². The molecule has 0 aliphatic carbocycles. The number of nitrogens with zero attached hydrogens (tertiary/aromatic N) is 1. The Hall–Kier alpha value is -2.08. The molecule has 0 amide bonds. The molecular weight excluding hydrogens is 326 g/mol. The first-order valence-electron chi connectivity index (χ1n) is 5.73. The number of carboxylic acids is 1. The lowest BCUT2D eigenvalue weighted by Crippen LogP contribution is -1.99. The van der Waals surface area contributed by atoms with Gasteiger partial charge in [-0.1, -0.05) is 0 Å². The first-order chi connectivity index (χ1) is 9.51. The summed E-state index contributed by atoms with van der Waals surface area (Å²) in [5, 5.41) is 8.94. The van der Waals surface area contributed by atoms with Gasteiger partial charge in [0.2, 0.25) is 5.88 Å². The number of carboxylic acid groups (broad SMARTS) is 1. The molecule has 2 rings (SSSR count). The van der Waals surface area contributed by atoms with Crippen molar-refractivity contribution < 1.29 is 19.4 Å². The summed E-state index contributed by atoms with van der Waals surface area (Å²) in [6.45, 7) is 1.85. The summed E-state index contributed by atoms with van der Waals surface area (Å²) in [6.07, 6.45) is 0. The number of benzene rings is 1. The Kier molecular flexibility index (Phi) is 4.24. The lowest BCUT2D eigenvalue weighted by molar-refractivity contribution is 0.0696. The Balaban J connectivity index is 2.32. The molecule has 0 saturated carbocycles. The molecule has 1 N–H and O–H groups in total. The van der Waals surface area contributed by atoms with Crippen molar-refractivity contribution in [2.45, 2.75) is 6.92 Å². The average molecular weight is 338 g/mol. The van der Waals surface area contributed by atoms with E-state index in [1.165, 1.54) is 19.2 Å². The number of hydrogen-bond donors (Lipinski definition) is 1. The average Bonchev–Trinajstić information content (AvgIpc) is 2.43. The Morgan fingerprint density at radius 1 is 1.25 bits per heavy atom. The number of halogens is 1. The number of aromatic nitrogens is 1. The van der Waals surface area contributed by atoms with Crippen LogP contribution in [-0.4, -0.2) is 23.2 Å². The van der Waals surface area contributed by atoms with Crippen molar-refractivity contribution >= 4 is 21.9 Å². The van der Waals surface area contributed by atoms with E-state index in [0.29, 0.717) is 17.4 Å². The Morgan fingerprint density at radius 3 is 2.60 bits per heavy atom. The van der Waals surface area contributed by atoms with Crippen LogP contribution >= 0.6 is 15.9 Å². The van der Waals surface area contributed by atoms with Crippen molar-refractivity contribution in [3.63, 3.8) is 0 Å². The van der Waals surface area contributed by atoms with E-state index in [9.17, 15) is 4.79 Å². The molecule has 1 heterocycles. The molecule has 0 bridgehead atoms. The molecule has 0 aliphatic heterocycles. The van der Waals surface area contributed by atoms with Crippen LogP contribution in [0.2, 0.25) is 0 Å². The zero-order valence-corrected chi connectivity index (χ0v) is 12.5. The fourth-order valence-electron chi connectivity index (χ4n) is 1.58. The number of rotatable bonds is 4. The van der Waals surface area contributed by atoms with Crippen molar-refractivity contribution in [1.82, 2.24) is 4.98 Å². The molecule has 1 aromatic carbocycles. The van der Waals surface area contributed by atoms with Gasteiger partial charge in [-0.3, -0.25) is 0 Å². The van der Waals surface area contributed by atoms with Crippen LogP contribution in [0.25, 0.3) is 0 Å². The van der Waals surface area contributed by atoms with E-state index in [1.54, 1.807) is 12.1 Å². The van der Waals surface area contributed by atoms with Gasteiger partial charge in [-0.2, -0.15) is 0 Å². The molecule has 0 aliphatic rings. The van der Waals surface area contributed by atoms with Crippen LogP contribution in [0.3, 0.4) is 0 Å². The van der Waals surface area contributed by atoms with Gasteiger partial charge in [0.15, 0.2) is 11.5 Å². The van der Waals surface area contributed by atoms with Crippen LogP contribution in [0.5, 0.6) is 17.4 Å². The van der Waals surface area contributed by atoms with Gasteiger partial charge < -0.3 is 14.6 Å². The summed E-state index contributed by atoms with van der Waals surface area (Å²) in [6, 6.07) is 7.94. The third kappa shape index (κ3) is 3.08. The zero-order valence-electron chi connectivity index (χ0n) is 10.9. The summed E-state index contributed by atoms with van der Waals surface area (Å²) in [5.74, 6) is 0.138. The van der Waals surface area contributed by atoms with Crippen molar-refractivity contribution in [2.24, 2.45) is 0 Å². The van der Waals surface area contributed by atoms with E-state index < -0.39 is 5.97 Å². The first kappa shape index (κ1) is 14.3. The number of pyridine rings is 1. The summed E-state index contributed by atoms with van der Waals surface area (Å²) in [7, 11) is 1.45. The smallest absolute Gasteiger partial charge is 0.335 e. The van der Waals surface area contributed by atoms with E-state index in [1.807, 2.05) is 13.0 Å². The van der Waals surface area contributed by atoms with Gasteiger partial charge in [0.05, 0.1) is 18.4 Å². The Morgan fingerprint density at radius 2 is 2.00 bits per heavy atom. The molecule has 0 saturated heterocycles. The topological polar surface area (TPSA) is 68.7 Å². The Labute approximate surface area is 124 Å². The third-order valence-electron chi connectivity index (χ3n) is 2.62. The molecule has 0 atom stereocenters. The van der Waals surface area contributed by atoms with Crippen LogP contribution in [0.4, 0.5) is 0 Å². The highest BCUT2D eigenvalue weighted by molar-refractivity contribution is 9.10. The molecule has 0 fully saturated rings. The second kappa shape index (κ2) is 5.92. The Bertz CT molecular complexity index is 658. The van der Waals surface area contributed by atoms with Gasteiger partial charge >= 0.3 is 5.97 Å². The second-order valence-corrected chi connectivity index (χ2v) is 4.84. The standard InChI is InChI=1S/C14H12BrNO4/c1-8-10(15)4-6-13(16-8)20-11-5-3-9(14(17)18)7-12(11)19-2/h3-7H,1-2H3,(H,17,18). The number of aromatic carboxylic acids is 1. The molecule has 2 aromatic rings. The fraction of sp³-hybridized carbons (Fsp3) is 0.143. The normalized spacial score (nSPS) is 10.2. The van der Waals surface area contributed by atoms with Gasteiger partial charge in [-0.25, -0.2) is 9.78 Å². The van der Waals surface area contributed by atoms with E-state index in [4.69, 9.17) is 14.6 Å². The minimum Gasteiger partial charge on any atom is -0.493 e. The maximum atomic E-state index is 10.9. The molecule has 0 unspecified atom stereocenters. The molecule has 104 valence electrons. The van der Waals surface area contributed by atoms with Gasteiger partial charge in [-0.05, 0) is 47.1 Å². The maximum absolute atomic E-state index is 10.9. The quantitative estimate of drug-likeness (QED) is 0.922. The number of carbonyl (C=O) groups is 1. The predicted octanol–water partition coefficient (Wildman–Crippen LogP) is 3.65. The highest BCUT2D eigenvalue weighted by Crippen LogP contribution is 2.32. The number of aryl methyl sites for hydroxylation is 1. The van der Waals surface area contributed by atoms with Crippen LogP contribution in [0.1, 0.15) is 16.1 Å². The van der Waals surface area contributed by atoms with Crippen molar-refractivity contribution in [1.29, 1.82) is 0 Å². The summed E-state index contributed by atoms with van der Waals surface area (Å²) < 4.78 is 11.6. The van der Waals surface area contributed by atoms with E-state index in [0.717, 1.165) is 10.2 Å². The van der Waals surface area contributed by atoms with Crippen molar-refractivity contribution in [3.05, 3.63) is 46.1 Å². The first-order valence-corrected chi connectivity index (χ1v) is 6.53. The number of hydrogen-bond acceptors (Lipinski definition) is 4. The largest absolute Gasteiger partial charge is 0.493 e. The minimum absolute atomic E-state index is 0.133. The molecule has 0 radical (unpaired) electrons. The molecular formula is C14H12BrNO4. The van der Waals surface area contributed by atoms with E-state index in [2.05, 4.69) is 20.9 Å². The third-order valence-corrected chi connectivity index (χ3v) is 3.46. The molecule has 1 aromatic heterocycles. The fourth-order valence-corrected chi connectivity index (χ4v) is 1.80. The van der Waals surface area contributed by atoms with Crippen LogP contribution in [-0.2, 0) is 0 Å². The summed E-state index contributed by atoms with van der Waals surface area (Å²) >= 11 is 3.36. The van der Waals surface area contributed by atoms with Crippen LogP contribution < -0.4 is 9.47 Å². The van der Waals surface area contributed by atoms with Crippen molar-refractivity contribution in [2.75, 3.05) is 7.11 Å². The molecule has 5 nitrogen and oxygen atoms in total. The summed E-state index contributed by atoms with van der Waals surface area (Å²) in [4.78, 5) is 15.2. The van der Waals surface area contributed by atoms with Gasteiger partial charge in [0, 0.05) is 10.5 Å². The maximum Gasteiger partial charge on any atom is 0.335 e. The van der Waals surface area contributed by atoms with Gasteiger partial charge in [0.1, 0.15) is 0 Å². The highest BCUT2D eigenvalue weighted by Gasteiger charge is 2.11. The summed E-state index contributed by atoms with van der Waals surface area (Å²) in [5.41, 5.74) is 0.928. The monoisotopic (exact) mass is 337 g/mol. The van der Waals surface area contributed by atoms with Gasteiger partial charge in [-0.15, -0.1) is 0 Å². The van der Waals surface area contributed by atoms with Gasteiger partial charge in [0.25, 0.3) is 0 Å². The minimum atomic E-state index is -1.02. The molecule has 20 heavy (non-hydrogen) atoms. The molecule has 6 heteroatoms. The number of ether oxygens (including phenoxy) is 2. The van der Waals surface area contributed by atoms with E-state index in [-0.39, 0.29) is 5.56 Å². The predicted molar refractivity (Wildman–Crippen MR) is 76.7 cm³/mol. The van der Waals surface area contributed by atoms with Crippen LogP contribution in [0.15, 0.2) is 34.8 Å². The second-order valence-electron chi connectivity index (χ2n) is 3.99. The zero-order chi connectivity index (χ0) is 14.7. The highest BCUT2D eigenvalue weighted by atomic mass is 79.9. The SMILES string of the molecule is COc1cc(C(=O)O)ccc1Oc1ccc(Br)c(C)n1. The van der Waals surface area contributed by atoms with Crippen LogP contribution in [0, 0.1) is 6.92 Å². The number of methoxy groups -OCH3 is 1. The lowest BCUT2D eigenvalue weighted by Gasteiger charge is -2.11. The lowest BCUT2D eigenvalue weighted by atomic mass is 10.2. The molecule has 0 spiro atoms.